The quantitative estimate of drug-likeness (QED) is 0.190. The van der Waals surface area contributed by atoms with Gasteiger partial charge in [0, 0.05) is 48.4 Å². The van der Waals surface area contributed by atoms with Gasteiger partial charge >= 0.3 is 0 Å². The van der Waals surface area contributed by atoms with Crippen molar-refractivity contribution in [2.75, 3.05) is 58.2 Å². The van der Waals surface area contributed by atoms with Crippen LogP contribution in [0.1, 0.15) is 6.92 Å². The van der Waals surface area contributed by atoms with Crippen LogP contribution in [-0.2, 0) is 4.74 Å². The Labute approximate surface area is 177 Å². The fourth-order valence-electron chi connectivity index (χ4n) is 2.34. The zero-order chi connectivity index (χ0) is 17.0. The van der Waals surface area contributed by atoms with Crippen LogP contribution in [0.3, 0.4) is 0 Å². The first-order valence-electron chi connectivity index (χ1n) is 8.48. The van der Waals surface area contributed by atoms with Crippen molar-refractivity contribution in [3.63, 3.8) is 0 Å². The number of hydrogen-bond donors (Lipinski definition) is 2. The highest BCUT2D eigenvalue weighted by Crippen LogP contribution is 2.19. The lowest BCUT2D eigenvalue weighted by atomic mass is 10.4. The Bertz CT molecular complexity index is 498. The van der Waals surface area contributed by atoms with Crippen LogP contribution in [-0.4, -0.2) is 69.1 Å². The van der Waals surface area contributed by atoms with E-state index in [-0.39, 0.29) is 24.0 Å². The Morgan fingerprint density at radius 3 is 2.64 bits per heavy atom. The molecule has 0 bridgehead atoms. The van der Waals surface area contributed by atoms with Gasteiger partial charge in [0.2, 0.25) is 0 Å². The van der Waals surface area contributed by atoms with E-state index in [4.69, 9.17) is 16.3 Å². The maximum Gasteiger partial charge on any atom is 0.191 e. The Morgan fingerprint density at radius 2 is 1.96 bits per heavy atom. The third kappa shape index (κ3) is 9.89. The second-order valence-corrected chi connectivity index (χ2v) is 7.05. The molecule has 0 radical (unpaired) electrons. The molecule has 8 heteroatoms. The first kappa shape index (κ1) is 22.8. The smallest absolute Gasteiger partial charge is 0.191 e. The van der Waals surface area contributed by atoms with E-state index in [9.17, 15) is 0 Å². The molecule has 1 aromatic carbocycles. The number of morpholine rings is 1. The second kappa shape index (κ2) is 13.9. The summed E-state index contributed by atoms with van der Waals surface area (Å²) < 4.78 is 5.36. The van der Waals surface area contributed by atoms with Crippen molar-refractivity contribution in [1.82, 2.24) is 15.5 Å². The van der Waals surface area contributed by atoms with Crippen LogP contribution in [0.25, 0.3) is 0 Å². The number of aliphatic imine (C=N–C) groups is 1. The number of nitrogens with zero attached hydrogens (tertiary/aromatic N) is 2. The van der Waals surface area contributed by atoms with Crippen molar-refractivity contribution in [3.05, 3.63) is 29.3 Å². The van der Waals surface area contributed by atoms with Gasteiger partial charge in [-0.1, -0.05) is 11.6 Å². The molecule has 0 saturated carbocycles. The van der Waals surface area contributed by atoms with E-state index in [1.54, 1.807) is 0 Å². The number of ether oxygens (including phenoxy) is 1. The summed E-state index contributed by atoms with van der Waals surface area (Å²) in [6.07, 6.45) is 0. The van der Waals surface area contributed by atoms with Crippen molar-refractivity contribution in [1.29, 1.82) is 0 Å². The second-order valence-electron chi connectivity index (χ2n) is 5.44. The first-order valence-corrected chi connectivity index (χ1v) is 9.85. The Kier molecular flexibility index (Phi) is 12.7. The van der Waals surface area contributed by atoms with E-state index in [1.165, 1.54) is 4.90 Å². The summed E-state index contributed by atoms with van der Waals surface area (Å²) >= 11 is 7.71. The highest BCUT2D eigenvalue weighted by Gasteiger charge is 2.09. The van der Waals surface area contributed by atoms with Gasteiger partial charge in [0.15, 0.2) is 5.96 Å². The van der Waals surface area contributed by atoms with Gasteiger partial charge in [0.25, 0.3) is 0 Å². The number of thioether (sulfide) groups is 1. The number of benzene rings is 1. The zero-order valence-corrected chi connectivity index (χ0v) is 18.6. The van der Waals surface area contributed by atoms with E-state index >= 15 is 0 Å². The first-order chi connectivity index (χ1) is 11.8. The maximum atomic E-state index is 5.90. The van der Waals surface area contributed by atoms with E-state index in [0.717, 1.165) is 69.2 Å². The fraction of sp³-hybridized carbons (Fsp3) is 0.588. The molecular weight excluding hydrogens is 471 g/mol. The van der Waals surface area contributed by atoms with E-state index in [0.29, 0.717) is 0 Å². The van der Waals surface area contributed by atoms with Gasteiger partial charge in [-0.3, -0.25) is 9.89 Å². The van der Waals surface area contributed by atoms with Crippen molar-refractivity contribution < 1.29 is 4.74 Å². The molecule has 1 heterocycles. The lowest BCUT2D eigenvalue weighted by Crippen LogP contribution is -2.40. The molecule has 0 amide bonds. The van der Waals surface area contributed by atoms with Crippen LogP contribution in [0.2, 0.25) is 5.02 Å². The number of rotatable bonds is 8. The lowest BCUT2D eigenvalue weighted by Gasteiger charge is -2.25. The Morgan fingerprint density at radius 1 is 1.24 bits per heavy atom. The molecule has 0 aliphatic carbocycles. The molecular formula is C17H28ClIN4OS. The van der Waals surface area contributed by atoms with Gasteiger partial charge in [0.05, 0.1) is 19.8 Å². The van der Waals surface area contributed by atoms with E-state index in [1.807, 2.05) is 23.9 Å². The predicted molar refractivity (Wildman–Crippen MR) is 119 cm³/mol. The molecule has 1 aromatic rings. The summed E-state index contributed by atoms with van der Waals surface area (Å²) in [5.41, 5.74) is 0. The summed E-state index contributed by atoms with van der Waals surface area (Å²) in [7, 11) is 0. The van der Waals surface area contributed by atoms with Gasteiger partial charge in [-0.25, -0.2) is 0 Å². The van der Waals surface area contributed by atoms with Crippen LogP contribution < -0.4 is 10.6 Å². The Hall–Kier alpha value is -0.220. The van der Waals surface area contributed by atoms with Crippen LogP contribution in [0.15, 0.2) is 34.2 Å². The largest absolute Gasteiger partial charge is 0.379 e. The van der Waals surface area contributed by atoms with Crippen molar-refractivity contribution in [2.45, 2.75) is 11.8 Å². The molecule has 0 unspecified atom stereocenters. The van der Waals surface area contributed by atoms with Gasteiger partial charge in [-0.15, -0.1) is 35.7 Å². The molecule has 2 N–H and O–H groups in total. The van der Waals surface area contributed by atoms with Gasteiger partial charge < -0.3 is 15.4 Å². The molecule has 0 aromatic heterocycles. The zero-order valence-electron chi connectivity index (χ0n) is 14.7. The minimum atomic E-state index is 0. The van der Waals surface area contributed by atoms with Gasteiger partial charge in [-0.05, 0) is 31.2 Å². The molecule has 0 atom stereocenters. The molecule has 5 nitrogen and oxygen atoms in total. The standard InChI is InChI=1S/C17H27ClN4OS.HI/c1-2-19-17(20-7-9-22-10-12-23-13-11-22)21-8-14-24-16-5-3-15(18)4-6-16;/h3-6H,2,7-14H2,1H3,(H2,19,20,21);1H. The minimum absolute atomic E-state index is 0. The third-order valence-electron chi connectivity index (χ3n) is 3.61. The molecule has 1 fully saturated rings. The summed E-state index contributed by atoms with van der Waals surface area (Å²) in [4.78, 5) is 8.28. The highest BCUT2D eigenvalue weighted by molar-refractivity contribution is 14.0. The SMILES string of the molecule is CCNC(=NCCN1CCOCC1)NCCSc1ccc(Cl)cc1.I. The number of halogens is 2. The molecule has 1 saturated heterocycles. The molecule has 1 aliphatic rings. The van der Waals surface area contributed by atoms with Crippen LogP contribution in [0, 0.1) is 0 Å². The molecule has 142 valence electrons. The third-order valence-corrected chi connectivity index (χ3v) is 4.88. The molecule has 2 rings (SSSR count). The molecule has 1 aliphatic heterocycles. The van der Waals surface area contributed by atoms with E-state index in [2.05, 4.69) is 39.6 Å². The van der Waals surface area contributed by atoms with Gasteiger partial charge in [-0.2, -0.15) is 0 Å². The molecule has 0 spiro atoms. The fourth-order valence-corrected chi connectivity index (χ4v) is 3.23. The van der Waals surface area contributed by atoms with Crippen molar-refractivity contribution in [2.24, 2.45) is 4.99 Å². The Balaban J connectivity index is 0.00000312. The number of guanidine groups is 1. The normalized spacial score (nSPS) is 15.5. The van der Waals surface area contributed by atoms with Crippen molar-refractivity contribution in [3.8, 4) is 0 Å². The van der Waals surface area contributed by atoms with Crippen LogP contribution >= 0.6 is 47.3 Å². The van der Waals surface area contributed by atoms with Crippen LogP contribution in [0.4, 0.5) is 0 Å². The van der Waals surface area contributed by atoms with E-state index < -0.39 is 0 Å². The van der Waals surface area contributed by atoms with Crippen LogP contribution in [0.5, 0.6) is 0 Å². The average Bonchev–Trinajstić information content (AvgIpc) is 2.61. The van der Waals surface area contributed by atoms with Crippen molar-refractivity contribution >= 4 is 53.3 Å². The lowest BCUT2D eigenvalue weighted by molar-refractivity contribution is 0.0394. The summed E-state index contributed by atoms with van der Waals surface area (Å²) in [5, 5.41) is 7.46. The number of hydrogen-bond acceptors (Lipinski definition) is 4. The topological polar surface area (TPSA) is 48.9 Å². The summed E-state index contributed by atoms with van der Waals surface area (Å²) in [6.45, 7) is 9.31. The van der Waals surface area contributed by atoms with Gasteiger partial charge in [0.1, 0.15) is 0 Å². The average molecular weight is 499 g/mol. The monoisotopic (exact) mass is 498 g/mol. The predicted octanol–water partition coefficient (Wildman–Crippen LogP) is 2.94. The minimum Gasteiger partial charge on any atom is -0.379 e. The molecule has 25 heavy (non-hydrogen) atoms. The summed E-state index contributed by atoms with van der Waals surface area (Å²) in [5.74, 6) is 1.87. The highest BCUT2D eigenvalue weighted by atomic mass is 127. The number of nitrogens with one attached hydrogen (secondary N) is 2. The maximum absolute atomic E-state index is 5.90. The summed E-state index contributed by atoms with van der Waals surface area (Å²) in [6, 6.07) is 7.95.